The van der Waals surface area contributed by atoms with Gasteiger partial charge in [0.15, 0.2) is 9.84 Å². The highest BCUT2D eigenvalue weighted by molar-refractivity contribution is 7.92. The van der Waals surface area contributed by atoms with Crippen molar-refractivity contribution in [3.63, 3.8) is 0 Å². The van der Waals surface area contributed by atoms with E-state index in [1.807, 2.05) is 32.1 Å². The molecule has 3 N–H and O–H groups in total. The lowest BCUT2D eigenvalue weighted by molar-refractivity contribution is 0.188. The summed E-state index contributed by atoms with van der Waals surface area (Å²) < 4.78 is 24.5. The molecule has 0 saturated carbocycles. The molecule has 144 valence electrons. The van der Waals surface area contributed by atoms with Crippen LogP contribution in [0.5, 0.6) is 5.75 Å². The molecule has 0 radical (unpaired) electrons. The van der Waals surface area contributed by atoms with Crippen molar-refractivity contribution in [3.05, 3.63) is 46.5 Å². The standard InChI is InChI=1S/C20H28O5S/c1-3-6-16-13-26(24,25)19(12-21)20(16)18(23)10-9-14(2)11-15-7-4-5-8-17(15)22/h4-5,7-8,11,18-19,21-23H,3,6,9-10,12-13H2,1-2H3/b14-11+/t18-,19+/m1/s1. The van der Waals surface area contributed by atoms with Crippen LogP contribution < -0.4 is 0 Å². The highest BCUT2D eigenvalue weighted by Gasteiger charge is 2.40. The average molecular weight is 381 g/mol. The normalized spacial score (nSPS) is 21.2. The Bertz CT molecular complexity index is 792. The molecule has 0 aliphatic carbocycles. The van der Waals surface area contributed by atoms with E-state index < -0.39 is 27.8 Å². The first-order valence-electron chi connectivity index (χ1n) is 8.97. The SMILES string of the molecule is CCCC1=C([C@H](O)CC/C(C)=C/c2ccccc2O)[C@H](CO)S(=O)(=O)C1. The quantitative estimate of drug-likeness (QED) is 0.603. The summed E-state index contributed by atoms with van der Waals surface area (Å²) in [6, 6.07) is 7.02. The third kappa shape index (κ3) is 4.75. The molecule has 2 rings (SSSR count). The topological polar surface area (TPSA) is 94.8 Å². The molecular formula is C20H28O5S. The van der Waals surface area contributed by atoms with Crippen molar-refractivity contribution in [3.8, 4) is 5.75 Å². The van der Waals surface area contributed by atoms with Gasteiger partial charge in [0.25, 0.3) is 0 Å². The predicted molar refractivity (Wildman–Crippen MR) is 104 cm³/mol. The van der Waals surface area contributed by atoms with Gasteiger partial charge in [0.2, 0.25) is 0 Å². The molecule has 0 amide bonds. The number of phenols is 1. The number of benzene rings is 1. The van der Waals surface area contributed by atoms with Gasteiger partial charge >= 0.3 is 0 Å². The Kier molecular flexibility index (Phi) is 7.03. The lowest BCUT2D eigenvalue weighted by Crippen LogP contribution is -2.29. The van der Waals surface area contributed by atoms with Gasteiger partial charge in [-0.05, 0) is 37.8 Å². The Balaban J connectivity index is 2.13. The molecule has 0 bridgehead atoms. The van der Waals surface area contributed by atoms with Crippen LogP contribution in [0.1, 0.15) is 45.1 Å². The number of hydrogen-bond donors (Lipinski definition) is 3. The summed E-state index contributed by atoms with van der Waals surface area (Å²) in [5.41, 5.74) is 2.93. The van der Waals surface area contributed by atoms with E-state index in [0.29, 0.717) is 30.4 Å². The van der Waals surface area contributed by atoms with Gasteiger partial charge in [0, 0.05) is 5.56 Å². The maximum Gasteiger partial charge on any atom is 0.163 e. The summed E-state index contributed by atoms with van der Waals surface area (Å²) in [4.78, 5) is 0. The Morgan fingerprint density at radius 3 is 2.65 bits per heavy atom. The Hall–Kier alpha value is -1.63. The monoisotopic (exact) mass is 380 g/mol. The van der Waals surface area contributed by atoms with Gasteiger partial charge in [-0.15, -0.1) is 0 Å². The Morgan fingerprint density at radius 1 is 1.35 bits per heavy atom. The molecule has 0 aromatic heterocycles. The summed E-state index contributed by atoms with van der Waals surface area (Å²) in [6.07, 6.45) is 3.33. The highest BCUT2D eigenvalue weighted by Crippen LogP contribution is 2.34. The first-order chi connectivity index (χ1) is 12.3. The summed E-state index contributed by atoms with van der Waals surface area (Å²) in [5, 5.41) is 29.0. The number of sulfone groups is 1. The van der Waals surface area contributed by atoms with Crippen molar-refractivity contribution in [1.82, 2.24) is 0 Å². The van der Waals surface area contributed by atoms with E-state index in [1.54, 1.807) is 12.1 Å². The number of allylic oxidation sites excluding steroid dienone is 1. The van der Waals surface area contributed by atoms with Crippen molar-refractivity contribution in [2.45, 2.75) is 50.9 Å². The van der Waals surface area contributed by atoms with E-state index in [4.69, 9.17) is 0 Å². The zero-order chi connectivity index (χ0) is 19.3. The molecule has 6 heteroatoms. The third-order valence-corrected chi connectivity index (χ3v) is 6.81. The van der Waals surface area contributed by atoms with E-state index in [1.165, 1.54) is 0 Å². The van der Waals surface area contributed by atoms with Crippen LogP contribution in [0.3, 0.4) is 0 Å². The first kappa shape index (κ1) is 20.7. The van der Waals surface area contributed by atoms with Crippen molar-refractivity contribution in [2.24, 2.45) is 0 Å². The first-order valence-corrected chi connectivity index (χ1v) is 10.7. The molecule has 1 aromatic rings. The minimum Gasteiger partial charge on any atom is -0.507 e. The van der Waals surface area contributed by atoms with Crippen molar-refractivity contribution >= 4 is 15.9 Å². The Morgan fingerprint density at radius 2 is 2.04 bits per heavy atom. The van der Waals surface area contributed by atoms with Crippen LogP contribution in [0, 0.1) is 0 Å². The average Bonchev–Trinajstić information content (AvgIpc) is 2.84. The number of phenolic OH excluding ortho intramolecular Hbond substituents is 1. The molecule has 0 saturated heterocycles. The van der Waals surface area contributed by atoms with Crippen molar-refractivity contribution in [1.29, 1.82) is 0 Å². The zero-order valence-electron chi connectivity index (χ0n) is 15.4. The minimum atomic E-state index is -3.43. The second kappa shape index (κ2) is 8.84. The second-order valence-corrected chi connectivity index (χ2v) is 9.07. The van der Waals surface area contributed by atoms with E-state index in [2.05, 4.69) is 0 Å². The smallest absolute Gasteiger partial charge is 0.163 e. The second-order valence-electron chi connectivity index (χ2n) is 6.89. The summed E-state index contributed by atoms with van der Waals surface area (Å²) in [7, 11) is -3.43. The summed E-state index contributed by atoms with van der Waals surface area (Å²) in [6.45, 7) is 3.39. The Labute approximate surface area is 155 Å². The molecule has 1 aliphatic heterocycles. The van der Waals surface area contributed by atoms with Crippen LogP contribution in [0.2, 0.25) is 0 Å². The van der Waals surface area contributed by atoms with Crippen LogP contribution in [-0.4, -0.2) is 47.5 Å². The van der Waals surface area contributed by atoms with Crippen LogP contribution in [0.4, 0.5) is 0 Å². The van der Waals surface area contributed by atoms with Gasteiger partial charge in [-0.25, -0.2) is 8.42 Å². The number of aromatic hydroxyl groups is 1. The number of para-hydroxylation sites is 1. The fourth-order valence-corrected chi connectivity index (χ4v) is 5.43. The van der Waals surface area contributed by atoms with E-state index in [0.717, 1.165) is 17.6 Å². The maximum absolute atomic E-state index is 12.3. The zero-order valence-corrected chi connectivity index (χ0v) is 16.2. The minimum absolute atomic E-state index is 0.0643. The fourth-order valence-electron chi connectivity index (χ4n) is 3.50. The molecular weight excluding hydrogens is 352 g/mol. The van der Waals surface area contributed by atoms with Crippen LogP contribution in [0.25, 0.3) is 6.08 Å². The molecule has 2 atom stereocenters. The van der Waals surface area contributed by atoms with E-state index in [-0.39, 0.29) is 11.5 Å². The van der Waals surface area contributed by atoms with Gasteiger partial charge in [-0.1, -0.05) is 48.8 Å². The van der Waals surface area contributed by atoms with Gasteiger partial charge in [0.05, 0.1) is 18.5 Å². The van der Waals surface area contributed by atoms with Gasteiger partial charge in [-0.2, -0.15) is 0 Å². The molecule has 0 unspecified atom stereocenters. The maximum atomic E-state index is 12.3. The molecule has 1 heterocycles. The van der Waals surface area contributed by atoms with Crippen LogP contribution >= 0.6 is 0 Å². The largest absolute Gasteiger partial charge is 0.507 e. The molecule has 5 nitrogen and oxygen atoms in total. The lowest BCUT2D eigenvalue weighted by Gasteiger charge is -2.19. The van der Waals surface area contributed by atoms with E-state index in [9.17, 15) is 23.7 Å². The van der Waals surface area contributed by atoms with Gasteiger partial charge < -0.3 is 15.3 Å². The molecule has 0 spiro atoms. The number of aliphatic hydroxyl groups is 2. The highest BCUT2D eigenvalue weighted by atomic mass is 32.2. The number of hydrogen-bond acceptors (Lipinski definition) is 5. The summed E-state index contributed by atoms with van der Waals surface area (Å²) in [5.74, 6) is 0.133. The third-order valence-electron chi connectivity index (χ3n) is 4.79. The fraction of sp³-hybridized carbons (Fsp3) is 0.500. The molecule has 1 aliphatic rings. The lowest BCUT2D eigenvalue weighted by atomic mass is 9.93. The number of aliphatic hydroxyl groups excluding tert-OH is 2. The molecule has 26 heavy (non-hydrogen) atoms. The van der Waals surface area contributed by atoms with E-state index >= 15 is 0 Å². The predicted octanol–water partition coefficient (Wildman–Crippen LogP) is 2.82. The van der Waals surface area contributed by atoms with Gasteiger partial charge in [0.1, 0.15) is 11.0 Å². The molecule has 1 aromatic carbocycles. The van der Waals surface area contributed by atoms with Crippen LogP contribution in [0.15, 0.2) is 41.0 Å². The number of rotatable bonds is 8. The van der Waals surface area contributed by atoms with Crippen molar-refractivity contribution in [2.75, 3.05) is 12.4 Å². The van der Waals surface area contributed by atoms with Crippen LogP contribution in [-0.2, 0) is 9.84 Å². The molecule has 0 fully saturated rings. The van der Waals surface area contributed by atoms with Crippen molar-refractivity contribution < 1.29 is 23.7 Å². The van der Waals surface area contributed by atoms with Gasteiger partial charge in [-0.3, -0.25) is 0 Å². The summed E-state index contributed by atoms with van der Waals surface area (Å²) >= 11 is 0.